The van der Waals surface area contributed by atoms with Gasteiger partial charge in [0.25, 0.3) is 0 Å². The normalized spacial score (nSPS) is 21.3. The van der Waals surface area contributed by atoms with Crippen molar-refractivity contribution in [1.82, 2.24) is 0 Å². The fourth-order valence-electron chi connectivity index (χ4n) is 3.50. The minimum Gasteiger partial charge on any atom is -0.490 e. The Morgan fingerprint density at radius 3 is 2.11 bits per heavy atom. The molecule has 0 unspecified atom stereocenters. The van der Waals surface area contributed by atoms with Crippen LogP contribution in [0.25, 0.3) is 10.8 Å². The number of hydrogen-bond acceptors (Lipinski definition) is 2. The molecule has 0 heterocycles. The number of rotatable bonds is 3. The molecule has 0 radical (unpaired) electrons. The molecule has 0 spiro atoms. The first-order chi connectivity index (χ1) is 12.6. The maximum Gasteiger partial charge on any atom is 0.417 e. The van der Waals surface area contributed by atoms with Crippen LogP contribution in [0.2, 0.25) is 0 Å². The molecule has 1 aliphatic rings. The van der Waals surface area contributed by atoms with Gasteiger partial charge in [0, 0.05) is 5.56 Å². The number of ether oxygens (including phenoxy) is 1. The molecule has 2 nitrogen and oxygen atoms in total. The third-order valence-electron chi connectivity index (χ3n) is 4.88. The molecule has 0 N–H and O–H groups in total. The molecule has 2 aromatic carbocycles. The van der Waals surface area contributed by atoms with Crippen LogP contribution in [-0.4, -0.2) is 18.6 Å². The van der Waals surface area contributed by atoms with Gasteiger partial charge in [-0.3, -0.25) is 4.79 Å². The summed E-state index contributed by atoms with van der Waals surface area (Å²) < 4.78 is 84.0. The first-order valence-electron chi connectivity index (χ1n) is 8.42. The van der Waals surface area contributed by atoms with Crippen LogP contribution in [0.4, 0.5) is 26.3 Å². The Morgan fingerprint density at radius 1 is 0.926 bits per heavy atom. The molecule has 27 heavy (non-hydrogen) atoms. The van der Waals surface area contributed by atoms with Gasteiger partial charge in [-0.05, 0) is 48.6 Å². The maximum absolute atomic E-state index is 13.4. The van der Waals surface area contributed by atoms with E-state index in [-0.39, 0.29) is 43.1 Å². The van der Waals surface area contributed by atoms with E-state index in [1.54, 1.807) is 0 Å². The lowest BCUT2D eigenvalue weighted by atomic mass is 9.87. The van der Waals surface area contributed by atoms with Gasteiger partial charge in [-0.25, -0.2) is 0 Å². The Labute approximate surface area is 151 Å². The number of hydrogen-bond donors (Lipinski definition) is 0. The van der Waals surface area contributed by atoms with Gasteiger partial charge in [0.15, 0.2) is 6.29 Å². The molecule has 0 aliphatic heterocycles. The predicted molar refractivity (Wildman–Crippen MR) is 86.8 cm³/mol. The van der Waals surface area contributed by atoms with Crippen LogP contribution in [0.15, 0.2) is 30.3 Å². The van der Waals surface area contributed by atoms with Crippen LogP contribution in [0.1, 0.15) is 41.6 Å². The number of alkyl halides is 6. The van der Waals surface area contributed by atoms with Crippen molar-refractivity contribution in [3.8, 4) is 5.75 Å². The van der Waals surface area contributed by atoms with Gasteiger partial charge in [0.2, 0.25) is 0 Å². The third-order valence-corrected chi connectivity index (χ3v) is 4.88. The number of carbonyl (C=O) groups is 1. The summed E-state index contributed by atoms with van der Waals surface area (Å²) in [7, 11) is 0. The highest BCUT2D eigenvalue weighted by molar-refractivity contribution is 5.94. The minimum atomic E-state index is -4.72. The molecule has 0 bridgehead atoms. The van der Waals surface area contributed by atoms with Crippen molar-refractivity contribution in [3.05, 3.63) is 41.5 Å². The summed E-state index contributed by atoms with van der Waals surface area (Å²) in [5.74, 6) is -1.22. The average Bonchev–Trinajstić information content (AvgIpc) is 2.59. The van der Waals surface area contributed by atoms with E-state index in [4.69, 9.17) is 4.74 Å². The monoisotopic (exact) mass is 390 g/mol. The molecular weight excluding hydrogens is 374 g/mol. The quantitative estimate of drug-likeness (QED) is 0.463. The van der Waals surface area contributed by atoms with Crippen molar-refractivity contribution < 1.29 is 35.9 Å². The van der Waals surface area contributed by atoms with Crippen LogP contribution in [0, 0.1) is 5.92 Å². The fraction of sp³-hybridized carbons (Fsp3) is 0.421. The smallest absolute Gasteiger partial charge is 0.417 e. The van der Waals surface area contributed by atoms with Crippen molar-refractivity contribution in [2.75, 3.05) is 0 Å². The summed E-state index contributed by atoms with van der Waals surface area (Å²) in [4.78, 5) is 11.0. The zero-order chi connectivity index (χ0) is 19.8. The summed E-state index contributed by atoms with van der Waals surface area (Å²) in [6.45, 7) is 0. The van der Waals surface area contributed by atoms with Crippen molar-refractivity contribution in [2.24, 2.45) is 5.92 Å². The first kappa shape index (κ1) is 19.5. The molecule has 0 amide bonds. The van der Waals surface area contributed by atoms with Crippen molar-refractivity contribution in [3.63, 3.8) is 0 Å². The Balaban J connectivity index is 1.86. The SMILES string of the molecule is O=Cc1ccc2ccc(OC3CCC(C(F)(F)F)CC3)cc2c1C(F)(F)F. The lowest BCUT2D eigenvalue weighted by Gasteiger charge is -2.30. The molecule has 146 valence electrons. The lowest BCUT2D eigenvalue weighted by molar-refractivity contribution is -0.185. The highest BCUT2D eigenvalue weighted by atomic mass is 19.4. The van der Waals surface area contributed by atoms with Crippen LogP contribution in [0.5, 0.6) is 5.75 Å². The zero-order valence-corrected chi connectivity index (χ0v) is 14.0. The van der Waals surface area contributed by atoms with E-state index in [2.05, 4.69) is 0 Å². The number of halogens is 6. The Morgan fingerprint density at radius 2 is 1.56 bits per heavy atom. The fourth-order valence-corrected chi connectivity index (χ4v) is 3.50. The van der Waals surface area contributed by atoms with E-state index >= 15 is 0 Å². The minimum absolute atomic E-state index is 0.0646. The molecule has 0 saturated heterocycles. The molecule has 8 heteroatoms. The Hall–Kier alpha value is -2.25. The standard InChI is InChI=1S/C19H16F6O2/c20-18(21,22)13-4-7-14(8-5-13)27-15-6-3-11-1-2-12(10-26)17(16(11)9-15)19(23,24)25/h1-3,6,9-10,13-14H,4-5,7-8H2. The van der Waals surface area contributed by atoms with Crippen molar-refractivity contribution in [1.29, 1.82) is 0 Å². The molecular formula is C19H16F6O2. The summed E-state index contributed by atoms with van der Waals surface area (Å²) in [6.07, 6.45) is -9.06. The van der Waals surface area contributed by atoms with Crippen LogP contribution >= 0.6 is 0 Å². The Bertz CT molecular complexity index is 832. The van der Waals surface area contributed by atoms with Crippen LogP contribution in [-0.2, 0) is 6.18 Å². The second kappa shape index (κ2) is 7.05. The molecule has 1 aliphatic carbocycles. The predicted octanol–water partition coefficient (Wildman–Crippen LogP) is 6.17. The van der Waals surface area contributed by atoms with E-state index in [0.717, 1.165) is 6.07 Å². The highest BCUT2D eigenvalue weighted by Crippen LogP contribution is 2.40. The molecule has 1 saturated carbocycles. The average molecular weight is 390 g/mol. The van der Waals surface area contributed by atoms with Crippen molar-refractivity contribution in [2.45, 2.75) is 44.1 Å². The van der Waals surface area contributed by atoms with E-state index in [1.807, 2.05) is 0 Å². The molecule has 0 atom stereocenters. The molecule has 0 aromatic heterocycles. The van der Waals surface area contributed by atoms with Gasteiger partial charge < -0.3 is 4.74 Å². The van der Waals surface area contributed by atoms with Gasteiger partial charge in [0.1, 0.15) is 5.75 Å². The van der Waals surface area contributed by atoms with Gasteiger partial charge in [-0.1, -0.05) is 18.2 Å². The first-order valence-corrected chi connectivity index (χ1v) is 8.42. The topological polar surface area (TPSA) is 26.3 Å². The number of aldehydes is 1. The largest absolute Gasteiger partial charge is 0.490 e. The zero-order valence-electron chi connectivity index (χ0n) is 14.0. The number of carbonyl (C=O) groups excluding carboxylic acids is 1. The van der Waals surface area contributed by atoms with E-state index in [0.29, 0.717) is 5.39 Å². The van der Waals surface area contributed by atoms with Gasteiger partial charge in [-0.2, -0.15) is 26.3 Å². The summed E-state index contributed by atoms with van der Waals surface area (Å²) in [5.41, 5.74) is -1.51. The second-order valence-electron chi connectivity index (χ2n) is 6.66. The third kappa shape index (κ3) is 4.20. The maximum atomic E-state index is 13.4. The second-order valence-corrected chi connectivity index (χ2v) is 6.66. The van der Waals surface area contributed by atoms with E-state index in [9.17, 15) is 31.1 Å². The summed E-state index contributed by atoms with van der Waals surface area (Å²) >= 11 is 0. The summed E-state index contributed by atoms with van der Waals surface area (Å²) in [6, 6.07) is 6.64. The van der Waals surface area contributed by atoms with Crippen LogP contribution < -0.4 is 4.74 Å². The van der Waals surface area contributed by atoms with Crippen molar-refractivity contribution >= 4 is 17.1 Å². The molecule has 3 rings (SSSR count). The van der Waals surface area contributed by atoms with Gasteiger partial charge in [0.05, 0.1) is 17.6 Å². The molecule has 1 fully saturated rings. The number of fused-ring (bicyclic) bond motifs is 1. The Kier molecular flexibility index (Phi) is 5.10. The van der Waals surface area contributed by atoms with Gasteiger partial charge >= 0.3 is 12.4 Å². The van der Waals surface area contributed by atoms with E-state index in [1.165, 1.54) is 24.3 Å². The van der Waals surface area contributed by atoms with Crippen LogP contribution in [0.3, 0.4) is 0 Å². The number of benzene rings is 2. The van der Waals surface area contributed by atoms with E-state index < -0.39 is 35.5 Å². The molecule has 2 aromatic rings. The lowest BCUT2D eigenvalue weighted by Crippen LogP contribution is -2.31. The highest BCUT2D eigenvalue weighted by Gasteiger charge is 2.42. The summed E-state index contributed by atoms with van der Waals surface area (Å²) in [5, 5.41) is 0.120. The van der Waals surface area contributed by atoms with Gasteiger partial charge in [-0.15, -0.1) is 0 Å².